The average molecular weight is 458 g/mol. The van der Waals surface area contributed by atoms with Crippen LogP contribution in [0.15, 0.2) is 54.9 Å². The number of aliphatic hydroxyl groups excluding tert-OH is 1. The molecule has 5 rings (SSSR count). The lowest BCUT2D eigenvalue weighted by Gasteiger charge is -2.34. The van der Waals surface area contributed by atoms with Crippen molar-refractivity contribution in [1.29, 1.82) is 0 Å². The number of fused-ring (bicyclic) bond motifs is 1. The molecule has 1 saturated carbocycles. The fourth-order valence-corrected chi connectivity index (χ4v) is 4.81. The number of hydrogen-bond donors (Lipinski definition) is 3. The molecule has 4 aromatic rings. The molecule has 4 N–H and O–H groups in total. The van der Waals surface area contributed by atoms with Crippen molar-refractivity contribution in [3.05, 3.63) is 66.1 Å². The molecule has 8 nitrogen and oxygen atoms in total. The van der Waals surface area contributed by atoms with Crippen LogP contribution in [0.4, 0.5) is 5.82 Å². The molecule has 1 aromatic carbocycles. The number of aromatic nitrogens is 4. The van der Waals surface area contributed by atoms with E-state index in [0.717, 1.165) is 22.4 Å². The highest BCUT2D eigenvalue weighted by Gasteiger charge is 2.35. The standard InChI is InChI=1S/C26H27N5O3/c1-16(33)22-23(18-9-11-26(34,15-32)12-10-18)30-25-20(14-29-31(25)24(22)27)19-7-8-21(28-13-19)17-5-3-2-4-6-17/h2-8,13-14,18,32,34H,9-12,15,27H2,1H3/t18-,26+. The second kappa shape index (κ2) is 8.62. The number of anilines is 1. The van der Waals surface area contributed by atoms with Crippen molar-refractivity contribution >= 4 is 17.2 Å². The van der Waals surface area contributed by atoms with Crippen LogP contribution in [0.1, 0.15) is 54.6 Å². The lowest BCUT2D eigenvalue weighted by Crippen LogP contribution is -2.37. The predicted molar refractivity (Wildman–Crippen MR) is 129 cm³/mol. The van der Waals surface area contributed by atoms with E-state index in [-0.39, 0.29) is 24.1 Å². The minimum absolute atomic E-state index is 0.0423. The molecule has 1 fully saturated rings. The van der Waals surface area contributed by atoms with Gasteiger partial charge in [0.1, 0.15) is 5.82 Å². The van der Waals surface area contributed by atoms with Crippen molar-refractivity contribution in [2.24, 2.45) is 0 Å². The van der Waals surface area contributed by atoms with E-state index in [1.807, 2.05) is 42.5 Å². The first-order valence-corrected chi connectivity index (χ1v) is 11.4. The number of aliphatic hydroxyl groups is 2. The SMILES string of the molecule is CC(=O)c1c(N)n2ncc(-c3ccc(-c4ccccc4)nc3)c2nc1[C@H]1CC[C@](O)(CO)CC1. The van der Waals surface area contributed by atoms with E-state index in [2.05, 4.69) is 10.1 Å². The summed E-state index contributed by atoms with van der Waals surface area (Å²) in [5.41, 5.74) is 10.5. The van der Waals surface area contributed by atoms with E-state index in [9.17, 15) is 15.0 Å². The number of benzene rings is 1. The molecule has 0 saturated heterocycles. The van der Waals surface area contributed by atoms with Crippen LogP contribution in [0.5, 0.6) is 0 Å². The summed E-state index contributed by atoms with van der Waals surface area (Å²) < 4.78 is 1.51. The Morgan fingerprint density at radius 1 is 1.12 bits per heavy atom. The molecule has 1 aliphatic carbocycles. The fourth-order valence-electron chi connectivity index (χ4n) is 4.81. The number of nitrogens with zero attached hydrogens (tertiary/aromatic N) is 4. The Balaban J connectivity index is 1.57. The van der Waals surface area contributed by atoms with Crippen LogP contribution in [0, 0.1) is 0 Å². The van der Waals surface area contributed by atoms with Crippen LogP contribution in [0.25, 0.3) is 28.0 Å². The third-order valence-corrected chi connectivity index (χ3v) is 6.80. The molecule has 34 heavy (non-hydrogen) atoms. The van der Waals surface area contributed by atoms with Gasteiger partial charge < -0.3 is 15.9 Å². The van der Waals surface area contributed by atoms with Crippen molar-refractivity contribution in [2.45, 2.75) is 44.1 Å². The summed E-state index contributed by atoms with van der Waals surface area (Å²) in [5, 5.41) is 24.4. The Morgan fingerprint density at radius 3 is 2.47 bits per heavy atom. The predicted octanol–water partition coefficient (Wildman–Crippen LogP) is 3.62. The largest absolute Gasteiger partial charge is 0.393 e. The number of ketones is 1. The van der Waals surface area contributed by atoms with E-state index in [1.54, 1.807) is 12.4 Å². The molecule has 0 amide bonds. The topological polar surface area (TPSA) is 127 Å². The van der Waals surface area contributed by atoms with Gasteiger partial charge in [0.2, 0.25) is 0 Å². The number of Topliss-reactive ketones (excluding diaryl/α,β-unsaturated/α-hetero) is 1. The van der Waals surface area contributed by atoms with E-state index in [0.29, 0.717) is 42.6 Å². The van der Waals surface area contributed by atoms with E-state index >= 15 is 0 Å². The minimum atomic E-state index is -1.07. The lowest BCUT2D eigenvalue weighted by molar-refractivity contribution is -0.0458. The van der Waals surface area contributed by atoms with Gasteiger partial charge in [0.15, 0.2) is 11.4 Å². The van der Waals surface area contributed by atoms with Gasteiger partial charge in [-0.3, -0.25) is 9.78 Å². The highest BCUT2D eigenvalue weighted by molar-refractivity contribution is 6.00. The maximum Gasteiger partial charge on any atom is 0.165 e. The van der Waals surface area contributed by atoms with Crippen LogP contribution < -0.4 is 5.73 Å². The smallest absolute Gasteiger partial charge is 0.165 e. The molecule has 174 valence electrons. The van der Waals surface area contributed by atoms with Crippen LogP contribution in [0.3, 0.4) is 0 Å². The Labute approximate surface area is 197 Å². The van der Waals surface area contributed by atoms with Gasteiger partial charge in [-0.1, -0.05) is 36.4 Å². The van der Waals surface area contributed by atoms with Gasteiger partial charge in [-0.15, -0.1) is 0 Å². The molecule has 3 heterocycles. The first kappa shape index (κ1) is 22.2. The average Bonchev–Trinajstić information content (AvgIpc) is 3.29. The van der Waals surface area contributed by atoms with Crippen LogP contribution >= 0.6 is 0 Å². The quantitative estimate of drug-likeness (QED) is 0.391. The Bertz CT molecular complexity index is 1340. The summed E-state index contributed by atoms with van der Waals surface area (Å²) in [7, 11) is 0. The van der Waals surface area contributed by atoms with Gasteiger partial charge in [-0.05, 0) is 38.7 Å². The zero-order valence-electron chi connectivity index (χ0n) is 19.0. The molecule has 3 aromatic heterocycles. The van der Waals surface area contributed by atoms with Crippen molar-refractivity contribution in [1.82, 2.24) is 19.6 Å². The second-order valence-electron chi connectivity index (χ2n) is 9.06. The second-order valence-corrected chi connectivity index (χ2v) is 9.06. The van der Waals surface area contributed by atoms with E-state index in [4.69, 9.17) is 10.7 Å². The van der Waals surface area contributed by atoms with Crippen LogP contribution in [-0.2, 0) is 0 Å². The summed E-state index contributed by atoms with van der Waals surface area (Å²) in [4.78, 5) is 22.1. The van der Waals surface area contributed by atoms with Crippen molar-refractivity contribution in [2.75, 3.05) is 12.3 Å². The molecular weight excluding hydrogens is 430 g/mol. The van der Waals surface area contributed by atoms with Crippen LogP contribution in [0.2, 0.25) is 0 Å². The highest BCUT2D eigenvalue weighted by atomic mass is 16.3. The number of pyridine rings is 1. The van der Waals surface area contributed by atoms with Gasteiger partial charge in [0, 0.05) is 28.8 Å². The zero-order valence-corrected chi connectivity index (χ0v) is 19.0. The summed E-state index contributed by atoms with van der Waals surface area (Å²) in [6.45, 7) is 1.21. The monoisotopic (exact) mass is 457 g/mol. The molecule has 8 heteroatoms. The Hall–Kier alpha value is -3.62. The summed E-state index contributed by atoms with van der Waals surface area (Å²) in [5.74, 6) is 0.0470. The number of carbonyl (C=O) groups excluding carboxylic acids is 1. The fraction of sp³-hybridized carbons (Fsp3) is 0.308. The third-order valence-electron chi connectivity index (χ3n) is 6.80. The third kappa shape index (κ3) is 3.85. The highest BCUT2D eigenvalue weighted by Crippen LogP contribution is 2.40. The number of hydrogen-bond acceptors (Lipinski definition) is 7. The molecule has 0 bridgehead atoms. The van der Waals surface area contributed by atoms with Crippen molar-refractivity contribution < 1.29 is 15.0 Å². The number of rotatable bonds is 5. The van der Waals surface area contributed by atoms with Gasteiger partial charge >= 0.3 is 0 Å². The first-order valence-electron chi connectivity index (χ1n) is 11.4. The molecule has 1 aliphatic rings. The normalized spacial score (nSPS) is 20.5. The van der Waals surface area contributed by atoms with Crippen molar-refractivity contribution in [3.63, 3.8) is 0 Å². The van der Waals surface area contributed by atoms with Crippen molar-refractivity contribution in [3.8, 4) is 22.4 Å². The van der Waals surface area contributed by atoms with E-state index < -0.39 is 5.60 Å². The molecule has 0 aliphatic heterocycles. The summed E-state index contributed by atoms with van der Waals surface area (Å²) in [6.07, 6.45) is 5.58. The Morgan fingerprint density at radius 2 is 1.85 bits per heavy atom. The molecule has 0 unspecified atom stereocenters. The van der Waals surface area contributed by atoms with Gasteiger partial charge in [-0.2, -0.15) is 9.61 Å². The van der Waals surface area contributed by atoms with Gasteiger partial charge in [-0.25, -0.2) is 4.98 Å². The maximum atomic E-state index is 12.5. The summed E-state index contributed by atoms with van der Waals surface area (Å²) in [6, 6.07) is 13.9. The Kier molecular flexibility index (Phi) is 5.63. The van der Waals surface area contributed by atoms with Gasteiger partial charge in [0.05, 0.1) is 35.4 Å². The molecule has 0 spiro atoms. The lowest BCUT2D eigenvalue weighted by atomic mass is 9.77. The number of carbonyl (C=O) groups is 1. The maximum absolute atomic E-state index is 12.5. The molecule has 0 radical (unpaired) electrons. The molecule has 0 atom stereocenters. The van der Waals surface area contributed by atoms with E-state index in [1.165, 1.54) is 11.4 Å². The number of nitrogens with two attached hydrogens (primary N) is 1. The number of nitrogen functional groups attached to an aromatic ring is 1. The molecular formula is C26H27N5O3. The van der Waals surface area contributed by atoms with Crippen LogP contribution in [-0.4, -0.2) is 47.8 Å². The zero-order chi connectivity index (χ0) is 23.9. The van der Waals surface area contributed by atoms with Gasteiger partial charge in [0.25, 0.3) is 0 Å². The first-order chi connectivity index (χ1) is 16.4. The minimum Gasteiger partial charge on any atom is -0.393 e. The summed E-state index contributed by atoms with van der Waals surface area (Å²) >= 11 is 0.